The van der Waals surface area contributed by atoms with E-state index in [-0.39, 0.29) is 5.91 Å². The highest BCUT2D eigenvalue weighted by Gasteiger charge is 2.22. The van der Waals surface area contributed by atoms with E-state index >= 15 is 0 Å². The first kappa shape index (κ1) is 16.1. The summed E-state index contributed by atoms with van der Waals surface area (Å²) in [6, 6.07) is 3.49. The summed E-state index contributed by atoms with van der Waals surface area (Å²) in [5, 5.41) is 5.52. The van der Waals surface area contributed by atoms with Gasteiger partial charge >= 0.3 is 0 Å². The van der Waals surface area contributed by atoms with E-state index in [2.05, 4.69) is 34.0 Å². The summed E-state index contributed by atoms with van der Waals surface area (Å²) in [5.41, 5.74) is 1.57. The van der Waals surface area contributed by atoms with Crippen molar-refractivity contribution in [3.8, 4) is 0 Å². The zero-order valence-electron chi connectivity index (χ0n) is 13.5. The Morgan fingerprint density at radius 3 is 2.87 bits per heavy atom. The number of hydrogen-bond acceptors (Lipinski definition) is 5. The number of amides is 1. The van der Waals surface area contributed by atoms with Gasteiger partial charge in [-0.15, -0.1) is 11.3 Å². The molecule has 0 unspecified atom stereocenters. The van der Waals surface area contributed by atoms with Crippen molar-refractivity contribution in [1.82, 2.24) is 14.9 Å². The Labute approximate surface area is 140 Å². The van der Waals surface area contributed by atoms with E-state index in [1.807, 2.05) is 5.38 Å². The van der Waals surface area contributed by atoms with Crippen LogP contribution in [-0.4, -0.2) is 33.9 Å². The standard InChI is InChI=1S/C17H22N4OS/c1-12-6-13(2)9-21(8-12)10-15-11-23-17(19-15)20-16(22)14-4-3-5-18-7-14/h3-5,7,11-13H,6,8-10H2,1-2H3,(H,19,20,22)/t12-,13-/m1/s1. The molecular formula is C17H22N4OS. The Bertz CT molecular complexity index is 648. The van der Waals surface area contributed by atoms with Crippen molar-refractivity contribution in [2.75, 3.05) is 18.4 Å². The highest BCUT2D eigenvalue weighted by Crippen LogP contribution is 2.24. The van der Waals surface area contributed by atoms with Crippen LogP contribution in [0, 0.1) is 11.8 Å². The first-order chi connectivity index (χ1) is 11.1. The second-order valence-electron chi connectivity index (χ2n) is 6.48. The summed E-state index contributed by atoms with van der Waals surface area (Å²) in [5.74, 6) is 1.31. The molecule has 0 radical (unpaired) electrons. The number of nitrogens with zero attached hydrogens (tertiary/aromatic N) is 3. The molecule has 0 aliphatic carbocycles. The first-order valence-corrected chi connectivity index (χ1v) is 8.86. The maximum atomic E-state index is 12.1. The van der Waals surface area contributed by atoms with Gasteiger partial charge in [-0.25, -0.2) is 4.98 Å². The molecule has 1 fully saturated rings. The van der Waals surface area contributed by atoms with Gasteiger partial charge in [0.25, 0.3) is 5.91 Å². The average Bonchev–Trinajstić information content (AvgIpc) is 2.94. The van der Waals surface area contributed by atoms with E-state index in [4.69, 9.17) is 0 Å². The Morgan fingerprint density at radius 1 is 1.39 bits per heavy atom. The molecule has 3 heterocycles. The fourth-order valence-corrected chi connectivity index (χ4v) is 3.95. The van der Waals surface area contributed by atoms with E-state index in [0.717, 1.165) is 37.2 Å². The second-order valence-corrected chi connectivity index (χ2v) is 7.34. The minimum atomic E-state index is -0.167. The third kappa shape index (κ3) is 4.36. The summed E-state index contributed by atoms with van der Waals surface area (Å²) in [4.78, 5) is 23.1. The van der Waals surface area contributed by atoms with Gasteiger partial charge in [0, 0.05) is 37.4 Å². The van der Waals surface area contributed by atoms with Crippen LogP contribution in [0.25, 0.3) is 0 Å². The average molecular weight is 330 g/mol. The minimum Gasteiger partial charge on any atom is -0.298 e. The fourth-order valence-electron chi connectivity index (χ4n) is 3.25. The number of rotatable bonds is 4. The van der Waals surface area contributed by atoms with Gasteiger partial charge < -0.3 is 0 Å². The molecule has 0 saturated carbocycles. The largest absolute Gasteiger partial charge is 0.298 e. The zero-order valence-corrected chi connectivity index (χ0v) is 14.3. The zero-order chi connectivity index (χ0) is 16.2. The molecule has 1 amide bonds. The Morgan fingerprint density at radius 2 is 2.17 bits per heavy atom. The van der Waals surface area contributed by atoms with Crippen molar-refractivity contribution in [3.63, 3.8) is 0 Å². The molecular weight excluding hydrogens is 308 g/mol. The van der Waals surface area contributed by atoms with Gasteiger partial charge in [0.2, 0.25) is 0 Å². The molecule has 1 aliphatic rings. The van der Waals surface area contributed by atoms with Gasteiger partial charge in [-0.05, 0) is 30.4 Å². The maximum Gasteiger partial charge on any atom is 0.259 e. The monoisotopic (exact) mass is 330 g/mol. The summed E-state index contributed by atoms with van der Waals surface area (Å²) >= 11 is 1.47. The lowest BCUT2D eigenvalue weighted by atomic mass is 9.92. The van der Waals surface area contributed by atoms with Crippen LogP contribution >= 0.6 is 11.3 Å². The molecule has 3 rings (SSSR count). The number of carbonyl (C=O) groups excluding carboxylic acids is 1. The third-order valence-electron chi connectivity index (χ3n) is 4.03. The topological polar surface area (TPSA) is 58.1 Å². The number of piperidine rings is 1. The van der Waals surface area contributed by atoms with Crippen molar-refractivity contribution in [2.24, 2.45) is 11.8 Å². The lowest BCUT2D eigenvalue weighted by Crippen LogP contribution is -2.38. The maximum absolute atomic E-state index is 12.1. The number of hydrogen-bond donors (Lipinski definition) is 1. The molecule has 2 atom stereocenters. The van der Waals surface area contributed by atoms with Gasteiger partial charge in [0.1, 0.15) is 0 Å². The SMILES string of the molecule is C[C@@H]1C[C@@H](C)CN(Cc2csc(NC(=O)c3cccnc3)n2)C1. The van der Waals surface area contributed by atoms with Gasteiger partial charge in [-0.2, -0.15) is 0 Å². The fraction of sp³-hybridized carbons (Fsp3) is 0.471. The van der Waals surface area contributed by atoms with Gasteiger partial charge in [0.05, 0.1) is 11.3 Å². The molecule has 0 bridgehead atoms. The van der Waals surface area contributed by atoms with Crippen molar-refractivity contribution >= 4 is 22.4 Å². The number of pyridine rings is 1. The highest BCUT2D eigenvalue weighted by molar-refractivity contribution is 7.13. The number of likely N-dealkylation sites (tertiary alicyclic amines) is 1. The van der Waals surface area contributed by atoms with Crippen LogP contribution in [0.2, 0.25) is 0 Å². The highest BCUT2D eigenvalue weighted by atomic mass is 32.1. The second kappa shape index (κ2) is 7.19. The molecule has 5 nitrogen and oxygen atoms in total. The summed E-state index contributed by atoms with van der Waals surface area (Å²) in [6.45, 7) is 7.72. The summed E-state index contributed by atoms with van der Waals surface area (Å²) < 4.78 is 0. The van der Waals surface area contributed by atoms with Crippen LogP contribution < -0.4 is 5.32 Å². The Hall–Kier alpha value is -1.79. The van der Waals surface area contributed by atoms with Crippen LogP contribution in [0.15, 0.2) is 29.9 Å². The van der Waals surface area contributed by atoms with Crippen LogP contribution in [0.4, 0.5) is 5.13 Å². The Balaban J connectivity index is 1.59. The predicted molar refractivity (Wildman–Crippen MR) is 92.5 cm³/mol. The molecule has 6 heteroatoms. The molecule has 2 aromatic heterocycles. The molecule has 0 spiro atoms. The van der Waals surface area contributed by atoms with Crippen molar-refractivity contribution in [1.29, 1.82) is 0 Å². The van der Waals surface area contributed by atoms with Crippen molar-refractivity contribution in [3.05, 3.63) is 41.2 Å². The molecule has 1 N–H and O–H groups in total. The van der Waals surface area contributed by atoms with E-state index in [1.54, 1.807) is 24.5 Å². The predicted octanol–water partition coefficient (Wildman–Crippen LogP) is 3.27. The lowest BCUT2D eigenvalue weighted by Gasteiger charge is -2.34. The summed E-state index contributed by atoms with van der Waals surface area (Å²) in [7, 11) is 0. The Kier molecular flexibility index (Phi) is 5.03. The third-order valence-corrected chi connectivity index (χ3v) is 4.83. The van der Waals surface area contributed by atoms with E-state index in [9.17, 15) is 4.79 Å². The molecule has 1 aliphatic heterocycles. The quantitative estimate of drug-likeness (QED) is 0.935. The van der Waals surface area contributed by atoms with E-state index < -0.39 is 0 Å². The van der Waals surface area contributed by atoms with Gasteiger partial charge in [-0.3, -0.25) is 20.0 Å². The van der Waals surface area contributed by atoms with Gasteiger partial charge in [-0.1, -0.05) is 13.8 Å². The van der Waals surface area contributed by atoms with Gasteiger partial charge in [0.15, 0.2) is 5.13 Å². The van der Waals surface area contributed by atoms with E-state index in [1.165, 1.54) is 17.8 Å². The molecule has 1 saturated heterocycles. The van der Waals surface area contributed by atoms with Crippen LogP contribution in [-0.2, 0) is 6.54 Å². The smallest absolute Gasteiger partial charge is 0.259 e. The first-order valence-electron chi connectivity index (χ1n) is 7.98. The van der Waals surface area contributed by atoms with Crippen molar-refractivity contribution < 1.29 is 4.79 Å². The van der Waals surface area contributed by atoms with E-state index in [0.29, 0.717) is 10.7 Å². The van der Waals surface area contributed by atoms with Crippen LogP contribution in [0.5, 0.6) is 0 Å². The number of thiazole rings is 1. The molecule has 23 heavy (non-hydrogen) atoms. The summed E-state index contributed by atoms with van der Waals surface area (Å²) in [6.07, 6.45) is 4.51. The van der Waals surface area contributed by atoms with Crippen LogP contribution in [0.3, 0.4) is 0 Å². The molecule has 122 valence electrons. The molecule has 0 aromatic carbocycles. The number of aromatic nitrogens is 2. The minimum absolute atomic E-state index is 0.167. The van der Waals surface area contributed by atoms with Crippen molar-refractivity contribution in [2.45, 2.75) is 26.8 Å². The number of carbonyl (C=O) groups is 1. The normalized spacial score (nSPS) is 22.0. The van der Waals surface area contributed by atoms with Crippen LogP contribution in [0.1, 0.15) is 36.3 Å². The molecule has 2 aromatic rings. The lowest BCUT2D eigenvalue weighted by molar-refractivity contribution is 0.102. The number of anilines is 1. The number of nitrogens with one attached hydrogen (secondary N) is 1.